The fraction of sp³-hybridized carbons (Fsp3) is 0.467. The highest BCUT2D eigenvalue weighted by molar-refractivity contribution is 5.94. The maximum Gasteiger partial charge on any atom is 0.417 e. The molecular formula is C15H17NO4. The molecule has 0 spiro atoms. The van der Waals surface area contributed by atoms with Crippen LogP contribution in [-0.4, -0.2) is 25.4 Å². The van der Waals surface area contributed by atoms with Crippen LogP contribution in [0.5, 0.6) is 0 Å². The van der Waals surface area contributed by atoms with Crippen LogP contribution < -0.4 is 4.90 Å². The van der Waals surface area contributed by atoms with Crippen molar-refractivity contribution in [3.63, 3.8) is 0 Å². The van der Waals surface area contributed by atoms with Crippen molar-refractivity contribution in [2.45, 2.75) is 31.9 Å². The fourth-order valence-electron chi connectivity index (χ4n) is 3.41. The number of methoxy groups -OCH3 is 1. The molecule has 2 atom stereocenters. The van der Waals surface area contributed by atoms with E-state index in [2.05, 4.69) is 0 Å². The number of ether oxygens (including phenoxy) is 2. The summed E-state index contributed by atoms with van der Waals surface area (Å²) in [5.41, 5.74) is 1.27. The highest BCUT2D eigenvalue weighted by Gasteiger charge is 2.62. The Hall–Kier alpha value is -2.04. The summed E-state index contributed by atoms with van der Waals surface area (Å²) < 4.78 is 10.3. The van der Waals surface area contributed by atoms with Crippen LogP contribution in [0.3, 0.4) is 0 Å². The van der Waals surface area contributed by atoms with Crippen molar-refractivity contribution in [3.8, 4) is 0 Å². The molecule has 1 aromatic rings. The Morgan fingerprint density at radius 3 is 2.80 bits per heavy atom. The molecule has 5 heteroatoms. The number of rotatable bonds is 1. The molecular weight excluding hydrogens is 258 g/mol. The number of esters is 1. The number of hydrogen-bond acceptors (Lipinski definition) is 4. The van der Waals surface area contributed by atoms with Crippen molar-refractivity contribution in [1.29, 1.82) is 0 Å². The second kappa shape index (κ2) is 4.23. The standard InChI is InChI=1S/C15H17NO4/c1-9(2)15-8-12(17)20-13(15)16(14(18)19-3)11-7-5-4-6-10(11)15/h4-7,9,13H,8H2,1-3H3/t13-,15+/m0/s1. The molecule has 2 aliphatic heterocycles. The summed E-state index contributed by atoms with van der Waals surface area (Å²) in [7, 11) is 1.33. The van der Waals surface area contributed by atoms with Crippen molar-refractivity contribution in [1.82, 2.24) is 0 Å². The molecule has 2 heterocycles. The minimum absolute atomic E-state index is 0.162. The Morgan fingerprint density at radius 2 is 2.15 bits per heavy atom. The van der Waals surface area contributed by atoms with E-state index in [0.29, 0.717) is 6.42 Å². The maximum absolute atomic E-state index is 12.1. The third-order valence-corrected chi connectivity index (χ3v) is 4.42. The van der Waals surface area contributed by atoms with Crippen LogP contribution in [0.2, 0.25) is 0 Å². The van der Waals surface area contributed by atoms with Gasteiger partial charge in [-0.15, -0.1) is 0 Å². The second-order valence-electron chi connectivity index (χ2n) is 5.57. The number of hydrogen-bond donors (Lipinski definition) is 0. The molecule has 106 valence electrons. The lowest BCUT2D eigenvalue weighted by Gasteiger charge is -2.32. The number of anilines is 1. The first-order chi connectivity index (χ1) is 9.52. The molecule has 1 saturated heterocycles. The summed E-state index contributed by atoms with van der Waals surface area (Å²) in [5, 5.41) is 0. The van der Waals surface area contributed by atoms with E-state index in [-0.39, 0.29) is 11.9 Å². The summed E-state index contributed by atoms with van der Waals surface area (Å²) in [6.45, 7) is 4.10. The Balaban J connectivity index is 2.23. The zero-order valence-electron chi connectivity index (χ0n) is 11.8. The molecule has 1 fully saturated rings. The lowest BCUT2D eigenvalue weighted by atomic mass is 9.71. The lowest BCUT2D eigenvalue weighted by molar-refractivity contribution is -0.141. The van der Waals surface area contributed by atoms with Crippen LogP contribution in [-0.2, 0) is 19.7 Å². The van der Waals surface area contributed by atoms with Crippen LogP contribution >= 0.6 is 0 Å². The monoisotopic (exact) mass is 275 g/mol. The number of para-hydroxylation sites is 1. The van der Waals surface area contributed by atoms with E-state index in [1.54, 1.807) is 0 Å². The molecule has 3 rings (SSSR count). The van der Waals surface area contributed by atoms with Crippen molar-refractivity contribution in [2.75, 3.05) is 12.0 Å². The largest absolute Gasteiger partial charge is 0.452 e. The average molecular weight is 275 g/mol. The molecule has 0 saturated carbocycles. The van der Waals surface area contributed by atoms with Gasteiger partial charge in [-0.05, 0) is 17.5 Å². The third-order valence-electron chi connectivity index (χ3n) is 4.42. The molecule has 2 aliphatic rings. The van der Waals surface area contributed by atoms with E-state index in [1.807, 2.05) is 38.1 Å². The highest BCUT2D eigenvalue weighted by atomic mass is 16.6. The average Bonchev–Trinajstić information content (AvgIpc) is 2.89. The normalized spacial score (nSPS) is 27.3. The van der Waals surface area contributed by atoms with E-state index in [1.165, 1.54) is 12.0 Å². The van der Waals surface area contributed by atoms with Gasteiger partial charge in [-0.1, -0.05) is 32.0 Å². The summed E-state index contributed by atoms with van der Waals surface area (Å²) in [4.78, 5) is 25.4. The quantitative estimate of drug-likeness (QED) is 0.739. The molecule has 1 amide bonds. The minimum atomic E-state index is -0.611. The topological polar surface area (TPSA) is 55.8 Å². The van der Waals surface area contributed by atoms with Crippen molar-refractivity contribution in [3.05, 3.63) is 29.8 Å². The smallest absolute Gasteiger partial charge is 0.417 e. The van der Waals surface area contributed by atoms with Crippen molar-refractivity contribution < 1.29 is 19.1 Å². The van der Waals surface area contributed by atoms with Crippen LogP contribution in [0, 0.1) is 5.92 Å². The van der Waals surface area contributed by atoms with Gasteiger partial charge in [0.1, 0.15) is 0 Å². The molecule has 1 aromatic carbocycles. The molecule has 0 N–H and O–H groups in total. The zero-order valence-corrected chi connectivity index (χ0v) is 11.8. The van der Waals surface area contributed by atoms with Crippen LogP contribution in [0.25, 0.3) is 0 Å². The number of amides is 1. The molecule has 5 nitrogen and oxygen atoms in total. The number of nitrogens with zero attached hydrogens (tertiary/aromatic N) is 1. The van der Waals surface area contributed by atoms with E-state index in [0.717, 1.165) is 11.3 Å². The first-order valence-corrected chi connectivity index (χ1v) is 6.68. The summed E-state index contributed by atoms with van der Waals surface area (Å²) in [5.74, 6) is -0.109. The second-order valence-corrected chi connectivity index (χ2v) is 5.57. The maximum atomic E-state index is 12.1. The van der Waals surface area contributed by atoms with Gasteiger partial charge >= 0.3 is 12.1 Å². The molecule has 0 bridgehead atoms. The summed E-state index contributed by atoms with van der Waals surface area (Å²) in [6, 6.07) is 7.62. The van der Waals surface area contributed by atoms with E-state index >= 15 is 0 Å². The molecule has 20 heavy (non-hydrogen) atoms. The summed E-state index contributed by atoms with van der Waals surface area (Å²) >= 11 is 0. The zero-order chi connectivity index (χ0) is 14.5. The van der Waals surface area contributed by atoms with Gasteiger partial charge in [0.25, 0.3) is 0 Å². The Morgan fingerprint density at radius 1 is 1.45 bits per heavy atom. The fourth-order valence-corrected chi connectivity index (χ4v) is 3.41. The first-order valence-electron chi connectivity index (χ1n) is 6.68. The van der Waals surface area contributed by atoms with Gasteiger partial charge in [0.2, 0.25) is 0 Å². The number of carbonyl (C=O) groups is 2. The lowest BCUT2D eigenvalue weighted by Crippen LogP contribution is -2.47. The molecule has 0 aliphatic carbocycles. The van der Waals surface area contributed by atoms with Gasteiger partial charge in [-0.3, -0.25) is 4.79 Å². The SMILES string of the molecule is COC(=O)N1c2ccccc2[C@]2(C(C)C)CC(=O)O[C@H]12. The van der Waals surface area contributed by atoms with E-state index < -0.39 is 17.7 Å². The molecule has 0 radical (unpaired) electrons. The van der Waals surface area contributed by atoms with Gasteiger partial charge in [0.05, 0.1) is 24.6 Å². The number of benzene rings is 1. The van der Waals surface area contributed by atoms with Crippen LogP contribution in [0.4, 0.5) is 10.5 Å². The van der Waals surface area contributed by atoms with Gasteiger partial charge in [-0.2, -0.15) is 0 Å². The van der Waals surface area contributed by atoms with E-state index in [4.69, 9.17) is 9.47 Å². The predicted octanol–water partition coefficient (Wildman–Crippen LogP) is 2.44. The first kappa shape index (κ1) is 13.0. The van der Waals surface area contributed by atoms with E-state index in [9.17, 15) is 9.59 Å². The molecule has 0 unspecified atom stereocenters. The molecule has 0 aromatic heterocycles. The van der Waals surface area contributed by atoms with Crippen molar-refractivity contribution in [2.24, 2.45) is 5.92 Å². The van der Waals surface area contributed by atoms with Gasteiger partial charge in [0.15, 0.2) is 6.23 Å². The Bertz CT molecular complexity index is 583. The minimum Gasteiger partial charge on any atom is -0.452 e. The predicted molar refractivity (Wildman–Crippen MR) is 72.3 cm³/mol. The Labute approximate surface area is 117 Å². The van der Waals surface area contributed by atoms with Crippen LogP contribution in [0.1, 0.15) is 25.8 Å². The van der Waals surface area contributed by atoms with Crippen LogP contribution in [0.15, 0.2) is 24.3 Å². The number of fused-ring (bicyclic) bond motifs is 3. The van der Waals surface area contributed by atoms with Gasteiger partial charge in [0, 0.05) is 0 Å². The van der Waals surface area contributed by atoms with Crippen molar-refractivity contribution >= 4 is 17.7 Å². The van der Waals surface area contributed by atoms with Gasteiger partial charge in [-0.25, -0.2) is 9.69 Å². The Kier molecular flexibility index (Phi) is 2.74. The third kappa shape index (κ3) is 1.43. The highest BCUT2D eigenvalue weighted by Crippen LogP contribution is 2.55. The van der Waals surface area contributed by atoms with Gasteiger partial charge < -0.3 is 9.47 Å². The summed E-state index contributed by atoms with van der Waals surface area (Å²) in [6.07, 6.45) is -0.820. The number of carbonyl (C=O) groups excluding carboxylic acids is 2.